The Balaban J connectivity index is 1.71. The topological polar surface area (TPSA) is 44.9 Å². The quantitative estimate of drug-likeness (QED) is 0.853. The Morgan fingerprint density at radius 1 is 1.39 bits per heavy atom. The summed E-state index contributed by atoms with van der Waals surface area (Å²) in [5.41, 5.74) is 2.14. The molecule has 0 aliphatic heterocycles. The molecule has 0 atom stereocenters. The molecular formula is C15H18N2O. The number of rotatable bonds is 3. The fraction of sp³-hybridized carbons (Fsp3) is 0.400. The second-order valence-electron chi connectivity index (χ2n) is 5.63. The van der Waals surface area contributed by atoms with Crippen LogP contribution in [0.2, 0.25) is 0 Å². The molecule has 1 aromatic carbocycles. The number of aromatic amines is 1. The normalized spacial score (nSPS) is 17.4. The summed E-state index contributed by atoms with van der Waals surface area (Å²) in [7, 11) is 0. The van der Waals surface area contributed by atoms with Crippen LogP contribution in [0.5, 0.6) is 0 Å². The lowest BCUT2D eigenvalue weighted by molar-refractivity contribution is 0.0891. The molecule has 94 valence electrons. The smallest absolute Gasteiger partial charge is 0.251 e. The first kappa shape index (κ1) is 11.3. The van der Waals surface area contributed by atoms with Gasteiger partial charge in [-0.05, 0) is 42.5 Å². The van der Waals surface area contributed by atoms with E-state index in [0.717, 1.165) is 23.0 Å². The molecule has 18 heavy (non-hydrogen) atoms. The minimum atomic E-state index is 0.0335. The maximum absolute atomic E-state index is 12.1. The van der Waals surface area contributed by atoms with Crippen molar-refractivity contribution >= 4 is 16.8 Å². The molecule has 2 aromatic rings. The van der Waals surface area contributed by atoms with Crippen molar-refractivity contribution in [1.82, 2.24) is 10.3 Å². The van der Waals surface area contributed by atoms with Crippen molar-refractivity contribution in [3.63, 3.8) is 0 Å². The first-order valence-corrected chi connectivity index (χ1v) is 6.52. The van der Waals surface area contributed by atoms with Gasteiger partial charge in [-0.3, -0.25) is 4.79 Å². The van der Waals surface area contributed by atoms with Crippen LogP contribution in [0.1, 0.15) is 36.5 Å². The number of benzene rings is 1. The second kappa shape index (κ2) is 4.16. The minimum Gasteiger partial charge on any atom is -0.361 e. The molecule has 1 fully saturated rings. The monoisotopic (exact) mass is 242 g/mol. The van der Waals surface area contributed by atoms with E-state index in [0.29, 0.717) is 5.41 Å². The number of hydrogen-bond acceptors (Lipinski definition) is 1. The summed E-state index contributed by atoms with van der Waals surface area (Å²) < 4.78 is 0. The van der Waals surface area contributed by atoms with Gasteiger partial charge in [-0.2, -0.15) is 0 Å². The number of amides is 1. The number of hydrogen-bond donors (Lipinski definition) is 2. The molecule has 1 heterocycles. The van der Waals surface area contributed by atoms with Crippen LogP contribution >= 0.6 is 0 Å². The zero-order valence-corrected chi connectivity index (χ0v) is 10.6. The van der Waals surface area contributed by atoms with Crippen molar-refractivity contribution in [2.45, 2.75) is 26.2 Å². The van der Waals surface area contributed by atoms with E-state index in [-0.39, 0.29) is 5.91 Å². The first-order chi connectivity index (χ1) is 8.66. The molecule has 0 unspecified atom stereocenters. The highest BCUT2D eigenvalue weighted by Crippen LogP contribution is 2.39. The van der Waals surface area contributed by atoms with Gasteiger partial charge in [0, 0.05) is 29.2 Å². The van der Waals surface area contributed by atoms with Crippen LogP contribution in [-0.2, 0) is 0 Å². The van der Waals surface area contributed by atoms with E-state index in [1.54, 1.807) is 0 Å². The maximum Gasteiger partial charge on any atom is 0.251 e. The maximum atomic E-state index is 12.1. The van der Waals surface area contributed by atoms with E-state index >= 15 is 0 Å². The van der Waals surface area contributed by atoms with Crippen LogP contribution in [0.25, 0.3) is 10.9 Å². The lowest BCUT2D eigenvalue weighted by Crippen LogP contribution is -2.39. The summed E-state index contributed by atoms with van der Waals surface area (Å²) in [6.45, 7) is 3.03. The van der Waals surface area contributed by atoms with Gasteiger partial charge in [0.1, 0.15) is 0 Å². The molecule has 0 bridgehead atoms. The van der Waals surface area contributed by atoms with Gasteiger partial charge in [0.25, 0.3) is 5.91 Å². The van der Waals surface area contributed by atoms with Gasteiger partial charge in [0.2, 0.25) is 0 Å². The average Bonchev–Trinajstić information content (AvgIpc) is 2.80. The molecule has 1 aliphatic carbocycles. The van der Waals surface area contributed by atoms with Crippen molar-refractivity contribution in [3.05, 3.63) is 36.0 Å². The highest BCUT2D eigenvalue weighted by Gasteiger charge is 2.31. The number of aromatic nitrogens is 1. The number of carbonyl (C=O) groups is 1. The Labute approximate surface area is 107 Å². The molecule has 3 rings (SSSR count). The predicted molar refractivity (Wildman–Crippen MR) is 72.6 cm³/mol. The fourth-order valence-corrected chi connectivity index (χ4v) is 2.55. The molecule has 1 aliphatic rings. The van der Waals surface area contributed by atoms with Crippen LogP contribution in [0.3, 0.4) is 0 Å². The SMILES string of the molecule is CC1(CNC(=O)c2ccc3[nH]ccc3c2)CCC1. The summed E-state index contributed by atoms with van der Waals surface area (Å²) in [6.07, 6.45) is 5.64. The van der Waals surface area contributed by atoms with Crippen molar-refractivity contribution in [2.24, 2.45) is 5.41 Å². The molecule has 3 heteroatoms. The molecule has 1 saturated carbocycles. The van der Waals surface area contributed by atoms with E-state index in [2.05, 4.69) is 17.2 Å². The van der Waals surface area contributed by atoms with Crippen molar-refractivity contribution < 1.29 is 4.79 Å². The van der Waals surface area contributed by atoms with Gasteiger partial charge in [-0.15, -0.1) is 0 Å². The highest BCUT2D eigenvalue weighted by molar-refractivity contribution is 5.98. The molecular weight excluding hydrogens is 224 g/mol. The summed E-state index contributed by atoms with van der Waals surface area (Å²) in [4.78, 5) is 15.2. The Morgan fingerprint density at radius 3 is 2.94 bits per heavy atom. The lowest BCUT2D eigenvalue weighted by Gasteiger charge is -2.38. The van der Waals surface area contributed by atoms with Crippen LogP contribution in [0, 0.1) is 5.41 Å². The zero-order chi connectivity index (χ0) is 12.6. The van der Waals surface area contributed by atoms with Gasteiger partial charge in [-0.1, -0.05) is 13.3 Å². The Hall–Kier alpha value is -1.77. The Kier molecular flexibility index (Phi) is 2.62. The Bertz CT molecular complexity index is 581. The van der Waals surface area contributed by atoms with E-state index in [1.807, 2.05) is 30.5 Å². The Morgan fingerprint density at radius 2 is 2.22 bits per heavy atom. The molecule has 1 amide bonds. The van der Waals surface area contributed by atoms with Crippen LogP contribution < -0.4 is 5.32 Å². The van der Waals surface area contributed by atoms with Gasteiger partial charge >= 0.3 is 0 Å². The minimum absolute atomic E-state index is 0.0335. The fourth-order valence-electron chi connectivity index (χ4n) is 2.55. The number of carbonyl (C=O) groups excluding carboxylic acids is 1. The molecule has 0 saturated heterocycles. The molecule has 0 spiro atoms. The van der Waals surface area contributed by atoms with Gasteiger partial charge < -0.3 is 10.3 Å². The third-order valence-electron chi connectivity index (χ3n) is 4.05. The zero-order valence-electron chi connectivity index (χ0n) is 10.6. The third-order valence-corrected chi connectivity index (χ3v) is 4.05. The van der Waals surface area contributed by atoms with Crippen LogP contribution in [0.4, 0.5) is 0 Å². The third kappa shape index (κ3) is 2.01. The average molecular weight is 242 g/mol. The van der Waals surface area contributed by atoms with Gasteiger partial charge in [0.05, 0.1) is 0 Å². The summed E-state index contributed by atoms with van der Waals surface area (Å²) >= 11 is 0. The van der Waals surface area contributed by atoms with Crippen LogP contribution in [0.15, 0.2) is 30.5 Å². The molecule has 3 nitrogen and oxygen atoms in total. The molecule has 0 radical (unpaired) electrons. The highest BCUT2D eigenvalue weighted by atomic mass is 16.1. The van der Waals surface area contributed by atoms with E-state index in [9.17, 15) is 4.79 Å². The van der Waals surface area contributed by atoms with E-state index in [4.69, 9.17) is 0 Å². The number of H-pyrrole nitrogens is 1. The number of fused-ring (bicyclic) bond motifs is 1. The van der Waals surface area contributed by atoms with Gasteiger partial charge in [-0.25, -0.2) is 0 Å². The second-order valence-corrected chi connectivity index (χ2v) is 5.63. The van der Waals surface area contributed by atoms with Crippen molar-refractivity contribution in [2.75, 3.05) is 6.54 Å². The lowest BCUT2D eigenvalue weighted by atomic mass is 9.70. The van der Waals surface area contributed by atoms with Crippen molar-refractivity contribution in [1.29, 1.82) is 0 Å². The number of nitrogens with one attached hydrogen (secondary N) is 2. The summed E-state index contributed by atoms with van der Waals surface area (Å²) in [5, 5.41) is 4.13. The van der Waals surface area contributed by atoms with Gasteiger partial charge in [0.15, 0.2) is 0 Å². The summed E-state index contributed by atoms with van der Waals surface area (Å²) in [5.74, 6) is 0.0335. The first-order valence-electron chi connectivity index (χ1n) is 6.52. The molecule has 1 aromatic heterocycles. The standard InChI is InChI=1S/C15H18N2O/c1-15(6-2-7-15)10-17-14(18)12-3-4-13-11(9-12)5-8-16-13/h3-5,8-9,16H,2,6-7,10H2,1H3,(H,17,18). The van der Waals surface area contributed by atoms with Crippen LogP contribution in [-0.4, -0.2) is 17.4 Å². The summed E-state index contributed by atoms with van der Waals surface area (Å²) in [6, 6.07) is 7.75. The van der Waals surface area contributed by atoms with E-state index in [1.165, 1.54) is 19.3 Å². The predicted octanol–water partition coefficient (Wildman–Crippen LogP) is 3.09. The van der Waals surface area contributed by atoms with Crippen molar-refractivity contribution in [3.8, 4) is 0 Å². The molecule has 2 N–H and O–H groups in total. The van der Waals surface area contributed by atoms with E-state index < -0.39 is 0 Å². The largest absolute Gasteiger partial charge is 0.361 e.